The predicted octanol–water partition coefficient (Wildman–Crippen LogP) is 2.05. The Morgan fingerprint density at radius 3 is 2.92 bits per heavy atom. The van der Waals surface area contributed by atoms with Crippen LogP contribution in [0.2, 0.25) is 0 Å². The van der Waals surface area contributed by atoms with E-state index >= 15 is 0 Å². The zero-order chi connectivity index (χ0) is 8.81. The van der Waals surface area contributed by atoms with Gasteiger partial charge in [-0.05, 0) is 31.0 Å². The van der Waals surface area contributed by atoms with E-state index in [-0.39, 0.29) is 0 Å². The maximum absolute atomic E-state index is 5.25. The van der Waals surface area contributed by atoms with Gasteiger partial charge in [-0.15, -0.1) is 0 Å². The molecule has 0 heterocycles. The SMILES string of the molecule is [CH2]Cc1cccc(OCOC)c1. The standard InChI is InChI=1S/C10H13O2/c1-3-9-5-4-6-10(7-9)12-8-11-2/h4-7H,1,3,8H2,2H3. The lowest BCUT2D eigenvalue weighted by Crippen LogP contribution is -1.98. The van der Waals surface area contributed by atoms with Gasteiger partial charge in [0.2, 0.25) is 0 Å². The Labute approximate surface area is 73.1 Å². The molecular formula is C10H13O2. The van der Waals surface area contributed by atoms with E-state index < -0.39 is 0 Å². The molecule has 0 fully saturated rings. The summed E-state index contributed by atoms with van der Waals surface area (Å²) in [6, 6.07) is 7.84. The van der Waals surface area contributed by atoms with Gasteiger partial charge in [0.25, 0.3) is 0 Å². The quantitative estimate of drug-likeness (QED) is 0.636. The normalized spacial score (nSPS) is 9.83. The maximum Gasteiger partial charge on any atom is 0.188 e. The average Bonchev–Trinajstić information content (AvgIpc) is 2.15. The third kappa shape index (κ3) is 2.55. The summed E-state index contributed by atoms with van der Waals surface area (Å²) < 4.78 is 10.0. The summed E-state index contributed by atoms with van der Waals surface area (Å²) in [5, 5.41) is 0. The minimum absolute atomic E-state index is 0.292. The van der Waals surface area contributed by atoms with Crippen molar-refractivity contribution in [2.45, 2.75) is 6.42 Å². The van der Waals surface area contributed by atoms with Gasteiger partial charge in [0.05, 0.1) is 0 Å². The summed E-state index contributed by atoms with van der Waals surface area (Å²) in [5.74, 6) is 0.831. The fourth-order valence-electron chi connectivity index (χ4n) is 0.918. The number of hydrogen-bond donors (Lipinski definition) is 0. The molecule has 0 N–H and O–H groups in total. The molecule has 2 nitrogen and oxygen atoms in total. The van der Waals surface area contributed by atoms with E-state index in [9.17, 15) is 0 Å². The molecule has 0 bridgehead atoms. The number of rotatable bonds is 4. The van der Waals surface area contributed by atoms with Crippen LogP contribution in [0, 0.1) is 6.92 Å². The van der Waals surface area contributed by atoms with Gasteiger partial charge >= 0.3 is 0 Å². The predicted molar refractivity (Wildman–Crippen MR) is 48.0 cm³/mol. The Kier molecular flexibility index (Phi) is 3.61. The smallest absolute Gasteiger partial charge is 0.188 e. The van der Waals surface area contributed by atoms with Crippen molar-refractivity contribution in [3.05, 3.63) is 36.8 Å². The first-order chi connectivity index (χ1) is 5.86. The second-order valence-corrected chi connectivity index (χ2v) is 2.45. The first-order valence-electron chi connectivity index (χ1n) is 3.86. The maximum atomic E-state index is 5.25. The molecule has 0 aliphatic rings. The van der Waals surface area contributed by atoms with E-state index in [1.807, 2.05) is 24.3 Å². The molecule has 1 aromatic rings. The van der Waals surface area contributed by atoms with Crippen molar-refractivity contribution in [3.63, 3.8) is 0 Å². The third-order valence-electron chi connectivity index (χ3n) is 1.53. The summed E-state index contributed by atoms with van der Waals surface area (Å²) in [5.41, 5.74) is 1.17. The van der Waals surface area contributed by atoms with Crippen LogP contribution in [0.15, 0.2) is 24.3 Å². The molecule has 0 aliphatic heterocycles. The molecule has 0 unspecified atom stereocenters. The lowest BCUT2D eigenvalue weighted by molar-refractivity contribution is 0.0511. The molecule has 0 saturated carbocycles. The van der Waals surface area contributed by atoms with Gasteiger partial charge in [-0.3, -0.25) is 0 Å². The van der Waals surface area contributed by atoms with E-state index in [4.69, 9.17) is 9.47 Å². The Morgan fingerprint density at radius 2 is 2.25 bits per heavy atom. The second kappa shape index (κ2) is 4.78. The van der Waals surface area contributed by atoms with Crippen LogP contribution in [-0.2, 0) is 11.2 Å². The van der Waals surface area contributed by atoms with Crippen molar-refractivity contribution in [2.75, 3.05) is 13.9 Å². The lowest BCUT2D eigenvalue weighted by Gasteiger charge is -2.05. The molecular weight excluding hydrogens is 152 g/mol. The molecule has 0 aliphatic carbocycles. The average molecular weight is 165 g/mol. The van der Waals surface area contributed by atoms with Gasteiger partial charge in [0.15, 0.2) is 6.79 Å². The summed E-state index contributed by atoms with van der Waals surface area (Å²) in [7, 11) is 1.60. The van der Waals surface area contributed by atoms with Gasteiger partial charge in [0.1, 0.15) is 5.75 Å². The van der Waals surface area contributed by atoms with E-state index in [1.54, 1.807) is 7.11 Å². The number of benzene rings is 1. The summed E-state index contributed by atoms with van der Waals surface area (Å²) in [4.78, 5) is 0. The van der Waals surface area contributed by atoms with Crippen molar-refractivity contribution in [1.82, 2.24) is 0 Å². The Morgan fingerprint density at radius 1 is 1.42 bits per heavy atom. The number of ether oxygens (including phenoxy) is 2. The van der Waals surface area contributed by atoms with E-state index in [1.165, 1.54) is 5.56 Å². The second-order valence-electron chi connectivity index (χ2n) is 2.45. The van der Waals surface area contributed by atoms with Crippen LogP contribution in [0.3, 0.4) is 0 Å². The van der Waals surface area contributed by atoms with E-state index in [2.05, 4.69) is 6.92 Å². The molecule has 1 aromatic carbocycles. The third-order valence-corrected chi connectivity index (χ3v) is 1.53. The summed E-state index contributed by atoms with van der Waals surface area (Å²) in [6.07, 6.45) is 0.782. The summed E-state index contributed by atoms with van der Waals surface area (Å²) in [6.45, 7) is 4.08. The lowest BCUT2D eigenvalue weighted by atomic mass is 10.2. The highest BCUT2D eigenvalue weighted by Gasteiger charge is 1.93. The van der Waals surface area contributed by atoms with Crippen molar-refractivity contribution in [2.24, 2.45) is 0 Å². The Balaban J connectivity index is 2.60. The molecule has 0 atom stereocenters. The monoisotopic (exact) mass is 165 g/mol. The molecule has 0 aromatic heterocycles. The van der Waals surface area contributed by atoms with Crippen LogP contribution in [0.5, 0.6) is 5.75 Å². The first kappa shape index (κ1) is 9.07. The zero-order valence-corrected chi connectivity index (χ0v) is 7.25. The molecule has 0 saturated heterocycles. The summed E-state index contributed by atoms with van der Waals surface area (Å²) >= 11 is 0. The highest BCUT2D eigenvalue weighted by Crippen LogP contribution is 2.13. The molecule has 65 valence electrons. The molecule has 0 spiro atoms. The van der Waals surface area contributed by atoms with Crippen molar-refractivity contribution in [1.29, 1.82) is 0 Å². The fourth-order valence-corrected chi connectivity index (χ4v) is 0.918. The highest BCUT2D eigenvalue weighted by molar-refractivity contribution is 5.28. The number of methoxy groups -OCH3 is 1. The van der Waals surface area contributed by atoms with Gasteiger partial charge < -0.3 is 9.47 Å². The van der Waals surface area contributed by atoms with Crippen LogP contribution in [-0.4, -0.2) is 13.9 Å². The molecule has 1 radical (unpaired) electrons. The molecule has 1 rings (SSSR count). The zero-order valence-electron chi connectivity index (χ0n) is 7.25. The van der Waals surface area contributed by atoms with E-state index in [0.717, 1.165) is 12.2 Å². The van der Waals surface area contributed by atoms with Crippen molar-refractivity contribution >= 4 is 0 Å². The van der Waals surface area contributed by atoms with Crippen LogP contribution >= 0.6 is 0 Å². The molecule has 2 heteroatoms. The van der Waals surface area contributed by atoms with Crippen LogP contribution in [0.25, 0.3) is 0 Å². The van der Waals surface area contributed by atoms with Crippen molar-refractivity contribution < 1.29 is 9.47 Å². The van der Waals surface area contributed by atoms with Crippen LogP contribution in [0.4, 0.5) is 0 Å². The Hall–Kier alpha value is -1.02. The largest absolute Gasteiger partial charge is 0.468 e. The first-order valence-corrected chi connectivity index (χ1v) is 3.86. The minimum atomic E-state index is 0.292. The Bertz CT molecular complexity index is 233. The minimum Gasteiger partial charge on any atom is -0.468 e. The van der Waals surface area contributed by atoms with Crippen LogP contribution < -0.4 is 4.74 Å². The van der Waals surface area contributed by atoms with Crippen LogP contribution in [0.1, 0.15) is 5.56 Å². The topological polar surface area (TPSA) is 18.5 Å². The van der Waals surface area contributed by atoms with Gasteiger partial charge in [-0.25, -0.2) is 0 Å². The highest BCUT2D eigenvalue weighted by atomic mass is 16.7. The van der Waals surface area contributed by atoms with Gasteiger partial charge in [0, 0.05) is 7.11 Å². The van der Waals surface area contributed by atoms with E-state index in [0.29, 0.717) is 6.79 Å². The number of hydrogen-bond acceptors (Lipinski definition) is 2. The van der Waals surface area contributed by atoms with Crippen molar-refractivity contribution in [3.8, 4) is 5.75 Å². The molecule has 12 heavy (non-hydrogen) atoms. The molecule has 0 amide bonds. The van der Waals surface area contributed by atoms with Gasteiger partial charge in [-0.2, -0.15) is 0 Å². The fraction of sp³-hybridized carbons (Fsp3) is 0.300. The van der Waals surface area contributed by atoms with Gasteiger partial charge in [-0.1, -0.05) is 12.1 Å².